The van der Waals surface area contributed by atoms with E-state index in [1.165, 1.54) is 0 Å². The molecular weight excluding hydrogens is 228 g/mol. The molecule has 0 bridgehead atoms. The number of carbonyl (C=O) groups is 1. The minimum atomic E-state index is -1.66. The van der Waals surface area contributed by atoms with Crippen LogP contribution in [0.25, 0.3) is 0 Å². The number of ether oxygens (including phenoxy) is 3. The molecule has 0 radical (unpaired) electrons. The molecule has 1 aliphatic rings. The normalized spacial score (nSPS) is 16.4. The van der Waals surface area contributed by atoms with Crippen LogP contribution in [-0.4, -0.2) is 36.2 Å². The topological polar surface area (TPSA) is 85.2 Å². The SMILES string of the molecule is COC(=O)C(O)C(O)c1cccc2c1OCO2. The maximum Gasteiger partial charge on any atom is 0.337 e. The second-order valence-corrected chi connectivity index (χ2v) is 3.49. The van der Waals surface area contributed by atoms with Crippen molar-refractivity contribution >= 4 is 5.97 Å². The quantitative estimate of drug-likeness (QED) is 0.722. The third-order valence-corrected chi connectivity index (χ3v) is 2.49. The van der Waals surface area contributed by atoms with Gasteiger partial charge in [0.15, 0.2) is 17.6 Å². The summed E-state index contributed by atoms with van der Waals surface area (Å²) >= 11 is 0. The standard InChI is InChI=1S/C11H12O6/c1-15-11(14)9(13)8(12)6-3-2-4-7-10(6)17-5-16-7/h2-4,8-9,12-13H,5H2,1H3. The molecule has 0 fully saturated rings. The maximum absolute atomic E-state index is 11.1. The summed E-state index contributed by atoms with van der Waals surface area (Å²) in [5.41, 5.74) is 0.290. The molecule has 6 nitrogen and oxygen atoms in total. The van der Waals surface area contributed by atoms with Crippen LogP contribution in [0.4, 0.5) is 0 Å². The molecule has 0 spiro atoms. The van der Waals surface area contributed by atoms with Gasteiger partial charge in [-0.2, -0.15) is 0 Å². The van der Waals surface area contributed by atoms with Gasteiger partial charge in [-0.05, 0) is 6.07 Å². The molecule has 2 rings (SSSR count). The zero-order chi connectivity index (χ0) is 12.4. The first kappa shape index (κ1) is 11.7. The van der Waals surface area contributed by atoms with Crippen LogP contribution in [0.2, 0.25) is 0 Å². The van der Waals surface area contributed by atoms with Gasteiger partial charge in [-0.15, -0.1) is 0 Å². The Morgan fingerprint density at radius 2 is 2.18 bits per heavy atom. The summed E-state index contributed by atoms with van der Waals surface area (Å²) in [6.45, 7) is 0.0490. The van der Waals surface area contributed by atoms with Gasteiger partial charge < -0.3 is 24.4 Å². The van der Waals surface area contributed by atoms with Crippen molar-refractivity contribution in [1.82, 2.24) is 0 Å². The van der Waals surface area contributed by atoms with Crippen molar-refractivity contribution in [2.24, 2.45) is 0 Å². The lowest BCUT2D eigenvalue weighted by Gasteiger charge is -2.17. The number of para-hydroxylation sites is 1. The fourth-order valence-electron chi connectivity index (χ4n) is 1.61. The molecule has 0 saturated carbocycles. The zero-order valence-corrected chi connectivity index (χ0v) is 9.12. The average Bonchev–Trinajstić information content (AvgIpc) is 2.83. The molecule has 0 aromatic heterocycles. The monoisotopic (exact) mass is 240 g/mol. The van der Waals surface area contributed by atoms with Gasteiger partial charge in [0.25, 0.3) is 0 Å². The molecule has 1 aliphatic heterocycles. The fourth-order valence-corrected chi connectivity index (χ4v) is 1.61. The largest absolute Gasteiger partial charge is 0.467 e. The third kappa shape index (κ3) is 2.04. The third-order valence-electron chi connectivity index (χ3n) is 2.49. The van der Waals surface area contributed by atoms with Crippen molar-refractivity contribution in [2.75, 3.05) is 13.9 Å². The lowest BCUT2D eigenvalue weighted by Crippen LogP contribution is -2.29. The van der Waals surface area contributed by atoms with Crippen LogP contribution in [0.3, 0.4) is 0 Å². The molecule has 2 atom stereocenters. The maximum atomic E-state index is 11.1. The van der Waals surface area contributed by atoms with Crippen LogP contribution < -0.4 is 9.47 Å². The second kappa shape index (κ2) is 4.60. The van der Waals surface area contributed by atoms with Crippen molar-refractivity contribution in [3.63, 3.8) is 0 Å². The fraction of sp³-hybridized carbons (Fsp3) is 0.364. The average molecular weight is 240 g/mol. The molecule has 0 saturated heterocycles. The molecule has 1 aromatic rings. The number of hydrogen-bond donors (Lipinski definition) is 2. The number of benzene rings is 1. The molecule has 1 aromatic carbocycles. The summed E-state index contributed by atoms with van der Waals surface area (Å²) in [6.07, 6.45) is -3.07. The highest BCUT2D eigenvalue weighted by molar-refractivity contribution is 5.75. The Morgan fingerprint density at radius 3 is 2.88 bits per heavy atom. The summed E-state index contributed by atoms with van der Waals surface area (Å²) in [4.78, 5) is 11.1. The Balaban J connectivity index is 2.28. The number of aliphatic hydroxyl groups is 2. The first-order chi connectivity index (χ1) is 8.15. The van der Waals surface area contributed by atoms with E-state index in [4.69, 9.17) is 9.47 Å². The Kier molecular flexibility index (Phi) is 3.16. The summed E-state index contributed by atoms with van der Waals surface area (Å²) in [5, 5.41) is 19.4. The first-order valence-electron chi connectivity index (χ1n) is 4.97. The number of methoxy groups -OCH3 is 1. The molecule has 0 amide bonds. The smallest absolute Gasteiger partial charge is 0.337 e. The van der Waals surface area contributed by atoms with Crippen LogP contribution in [0.15, 0.2) is 18.2 Å². The van der Waals surface area contributed by atoms with Gasteiger partial charge in [-0.1, -0.05) is 12.1 Å². The van der Waals surface area contributed by atoms with E-state index in [2.05, 4.69) is 4.74 Å². The van der Waals surface area contributed by atoms with Crippen molar-refractivity contribution in [3.05, 3.63) is 23.8 Å². The second-order valence-electron chi connectivity index (χ2n) is 3.49. The number of carbonyl (C=O) groups excluding carboxylic acids is 1. The van der Waals surface area contributed by atoms with Crippen LogP contribution in [0, 0.1) is 0 Å². The number of rotatable bonds is 3. The highest BCUT2D eigenvalue weighted by Crippen LogP contribution is 2.39. The molecule has 1 heterocycles. The van der Waals surface area contributed by atoms with Crippen LogP contribution in [0.1, 0.15) is 11.7 Å². The van der Waals surface area contributed by atoms with E-state index < -0.39 is 18.2 Å². The molecular formula is C11H12O6. The number of aliphatic hydroxyl groups excluding tert-OH is 2. The number of hydrogen-bond acceptors (Lipinski definition) is 6. The Hall–Kier alpha value is -1.79. The lowest BCUT2D eigenvalue weighted by molar-refractivity contribution is -0.156. The minimum absolute atomic E-state index is 0.0490. The Morgan fingerprint density at radius 1 is 1.41 bits per heavy atom. The van der Waals surface area contributed by atoms with Crippen molar-refractivity contribution in [1.29, 1.82) is 0 Å². The van der Waals surface area contributed by atoms with Crippen LogP contribution in [-0.2, 0) is 9.53 Å². The van der Waals surface area contributed by atoms with Gasteiger partial charge in [0.2, 0.25) is 6.79 Å². The van der Waals surface area contributed by atoms with E-state index >= 15 is 0 Å². The van der Waals surface area contributed by atoms with E-state index in [1.807, 2.05) is 0 Å². The predicted octanol–water partition coefficient (Wildman–Crippen LogP) is -0.0174. The molecule has 92 valence electrons. The zero-order valence-electron chi connectivity index (χ0n) is 9.12. The van der Waals surface area contributed by atoms with Gasteiger partial charge in [-0.3, -0.25) is 0 Å². The molecule has 2 unspecified atom stereocenters. The van der Waals surface area contributed by atoms with Crippen molar-refractivity contribution < 1.29 is 29.2 Å². The Labute approximate surface area is 97.3 Å². The van der Waals surface area contributed by atoms with E-state index in [1.54, 1.807) is 18.2 Å². The predicted molar refractivity (Wildman–Crippen MR) is 55.5 cm³/mol. The van der Waals surface area contributed by atoms with Crippen molar-refractivity contribution in [3.8, 4) is 11.5 Å². The van der Waals surface area contributed by atoms with Crippen LogP contribution in [0.5, 0.6) is 11.5 Å². The van der Waals surface area contributed by atoms with Crippen LogP contribution >= 0.6 is 0 Å². The molecule has 0 aliphatic carbocycles. The lowest BCUT2D eigenvalue weighted by atomic mass is 10.0. The van der Waals surface area contributed by atoms with Gasteiger partial charge in [-0.25, -0.2) is 4.79 Å². The van der Waals surface area contributed by atoms with Gasteiger partial charge in [0, 0.05) is 5.56 Å². The summed E-state index contributed by atoms with van der Waals surface area (Å²) < 4.78 is 14.6. The summed E-state index contributed by atoms with van der Waals surface area (Å²) in [7, 11) is 1.13. The molecule has 17 heavy (non-hydrogen) atoms. The highest BCUT2D eigenvalue weighted by Gasteiger charge is 2.31. The minimum Gasteiger partial charge on any atom is -0.467 e. The number of esters is 1. The molecule has 2 N–H and O–H groups in total. The van der Waals surface area contributed by atoms with Gasteiger partial charge in [0.05, 0.1) is 7.11 Å². The molecule has 6 heteroatoms. The van der Waals surface area contributed by atoms with Crippen molar-refractivity contribution in [2.45, 2.75) is 12.2 Å². The number of fused-ring (bicyclic) bond motifs is 1. The summed E-state index contributed by atoms with van der Waals surface area (Å²) in [5.74, 6) is -0.101. The summed E-state index contributed by atoms with van der Waals surface area (Å²) in [6, 6.07) is 4.85. The van der Waals surface area contributed by atoms with E-state index in [0.717, 1.165) is 7.11 Å². The first-order valence-corrected chi connectivity index (χ1v) is 4.97. The van der Waals surface area contributed by atoms with Gasteiger partial charge in [0.1, 0.15) is 6.10 Å². The van der Waals surface area contributed by atoms with E-state index in [9.17, 15) is 15.0 Å². The van der Waals surface area contributed by atoms with E-state index in [-0.39, 0.29) is 12.4 Å². The highest BCUT2D eigenvalue weighted by atomic mass is 16.7. The van der Waals surface area contributed by atoms with E-state index in [0.29, 0.717) is 11.5 Å². The van der Waals surface area contributed by atoms with Gasteiger partial charge >= 0.3 is 5.97 Å². The Bertz CT molecular complexity index is 430.